The number of nitrogens with zero attached hydrogens (tertiary/aromatic N) is 2. The van der Waals surface area contributed by atoms with E-state index in [1.165, 1.54) is 0 Å². The third-order valence-electron chi connectivity index (χ3n) is 3.18. The van der Waals surface area contributed by atoms with E-state index in [-0.39, 0.29) is 11.8 Å². The molecule has 0 aliphatic carbocycles. The van der Waals surface area contributed by atoms with Gasteiger partial charge >= 0.3 is 0 Å². The molecule has 0 bridgehead atoms. The lowest BCUT2D eigenvalue weighted by atomic mass is 9.98. The first-order chi connectivity index (χ1) is 8.49. The summed E-state index contributed by atoms with van der Waals surface area (Å²) in [6, 6.07) is 7.61. The molecule has 94 valence electrons. The van der Waals surface area contributed by atoms with Crippen molar-refractivity contribution in [2.24, 2.45) is 0 Å². The predicted molar refractivity (Wildman–Crippen MR) is 71.9 cm³/mol. The van der Waals surface area contributed by atoms with Crippen molar-refractivity contribution in [1.29, 1.82) is 0 Å². The second-order valence-corrected chi connectivity index (χ2v) is 4.80. The number of carbonyl (C=O) groups is 1. The summed E-state index contributed by atoms with van der Waals surface area (Å²) < 4.78 is 1.72. The number of aromatic nitrogens is 2. The van der Waals surface area contributed by atoms with Crippen molar-refractivity contribution in [2.45, 2.75) is 33.7 Å². The lowest BCUT2D eigenvalue weighted by molar-refractivity contribution is 0.0927. The van der Waals surface area contributed by atoms with Crippen molar-refractivity contribution in [3.63, 3.8) is 0 Å². The Bertz CT molecular complexity index is 584. The van der Waals surface area contributed by atoms with Crippen LogP contribution in [0.3, 0.4) is 0 Å². The van der Waals surface area contributed by atoms with Crippen LogP contribution in [0.4, 0.5) is 0 Å². The first-order valence-corrected chi connectivity index (χ1v) is 6.12. The summed E-state index contributed by atoms with van der Waals surface area (Å²) in [5.74, 6) is 0.110. The lowest BCUT2D eigenvalue weighted by Crippen LogP contribution is -2.18. The predicted octanol–water partition coefficient (Wildman–Crippen LogP) is 3.25. The molecule has 0 amide bonds. The summed E-state index contributed by atoms with van der Waals surface area (Å²) >= 11 is 0. The van der Waals surface area contributed by atoms with Crippen molar-refractivity contribution in [2.75, 3.05) is 0 Å². The van der Waals surface area contributed by atoms with Crippen LogP contribution in [0, 0.1) is 20.8 Å². The fraction of sp³-hybridized carbons (Fsp3) is 0.333. The summed E-state index contributed by atoms with van der Waals surface area (Å²) in [5.41, 5.74) is 3.83. The minimum Gasteiger partial charge on any atom is -0.292 e. The Labute approximate surface area is 107 Å². The molecule has 0 spiro atoms. The Hall–Kier alpha value is -1.90. The van der Waals surface area contributed by atoms with E-state index in [2.05, 4.69) is 5.10 Å². The van der Waals surface area contributed by atoms with Crippen molar-refractivity contribution >= 4 is 5.78 Å². The molecule has 1 atom stereocenters. The van der Waals surface area contributed by atoms with Crippen molar-refractivity contribution in [1.82, 2.24) is 9.78 Å². The van der Waals surface area contributed by atoms with Gasteiger partial charge in [0.05, 0.1) is 5.69 Å². The highest BCUT2D eigenvalue weighted by Crippen LogP contribution is 2.18. The fourth-order valence-electron chi connectivity index (χ4n) is 2.00. The maximum atomic E-state index is 12.5. The fourth-order valence-corrected chi connectivity index (χ4v) is 2.00. The molecular formula is C15H18N2O. The summed E-state index contributed by atoms with van der Waals surface area (Å²) in [4.78, 5) is 12.5. The van der Waals surface area contributed by atoms with E-state index < -0.39 is 0 Å². The number of hydrogen-bond donors (Lipinski definition) is 0. The van der Waals surface area contributed by atoms with Crippen LogP contribution in [0.15, 0.2) is 30.5 Å². The Morgan fingerprint density at radius 3 is 2.56 bits per heavy atom. The zero-order chi connectivity index (χ0) is 13.3. The molecule has 0 aliphatic rings. The average Bonchev–Trinajstić information content (AvgIpc) is 2.77. The van der Waals surface area contributed by atoms with Crippen LogP contribution < -0.4 is 0 Å². The Balaban J connectivity index is 2.33. The van der Waals surface area contributed by atoms with Crippen LogP contribution in [-0.2, 0) is 0 Å². The molecule has 3 heteroatoms. The van der Waals surface area contributed by atoms with E-state index in [9.17, 15) is 4.79 Å². The van der Waals surface area contributed by atoms with Gasteiger partial charge < -0.3 is 0 Å². The Kier molecular flexibility index (Phi) is 3.32. The highest BCUT2D eigenvalue weighted by molar-refractivity contribution is 6.00. The van der Waals surface area contributed by atoms with Gasteiger partial charge in [0, 0.05) is 11.8 Å². The minimum atomic E-state index is -0.265. The van der Waals surface area contributed by atoms with Crippen LogP contribution >= 0.6 is 0 Å². The Morgan fingerprint density at radius 2 is 1.94 bits per heavy atom. The van der Waals surface area contributed by atoms with E-state index in [0.29, 0.717) is 0 Å². The largest absolute Gasteiger partial charge is 0.292 e. The summed E-state index contributed by atoms with van der Waals surface area (Å²) in [6.45, 7) is 7.77. The van der Waals surface area contributed by atoms with Gasteiger partial charge in [-0.15, -0.1) is 0 Å². The van der Waals surface area contributed by atoms with E-state index in [1.54, 1.807) is 4.68 Å². The summed E-state index contributed by atoms with van der Waals surface area (Å²) in [7, 11) is 0. The van der Waals surface area contributed by atoms with Gasteiger partial charge in [-0.25, -0.2) is 0 Å². The molecule has 3 nitrogen and oxygen atoms in total. The van der Waals surface area contributed by atoms with Crippen molar-refractivity contribution in [3.05, 3.63) is 52.8 Å². The molecule has 18 heavy (non-hydrogen) atoms. The third kappa shape index (κ3) is 2.35. The standard InChI is InChI=1S/C15H18N2O/c1-10-5-6-11(2)14(9-10)15(18)13(4)17-8-7-12(3)16-17/h5-9,13H,1-4H3. The first kappa shape index (κ1) is 12.6. The molecular weight excluding hydrogens is 224 g/mol. The lowest BCUT2D eigenvalue weighted by Gasteiger charge is -2.13. The summed E-state index contributed by atoms with van der Waals surface area (Å²) in [5, 5.41) is 4.31. The molecule has 1 aromatic heterocycles. The maximum absolute atomic E-state index is 12.5. The van der Waals surface area contributed by atoms with E-state index in [0.717, 1.165) is 22.4 Å². The molecule has 0 radical (unpaired) electrons. The van der Waals surface area contributed by atoms with Gasteiger partial charge in [-0.05, 0) is 45.4 Å². The molecule has 1 aromatic carbocycles. The third-order valence-corrected chi connectivity index (χ3v) is 3.18. The van der Waals surface area contributed by atoms with E-state index >= 15 is 0 Å². The number of hydrogen-bond acceptors (Lipinski definition) is 2. The van der Waals surface area contributed by atoms with Gasteiger partial charge in [-0.2, -0.15) is 5.10 Å². The highest BCUT2D eigenvalue weighted by Gasteiger charge is 2.19. The molecule has 1 heterocycles. The van der Waals surface area contributed by atoms with E-state index in [1.807, 2.05) is 58.2 Å². The number of rotatable bonds is 3. The zero-order valence-corrected chi connectivity index (χ0v) is 11.3. The molecule has 0 fully saturated rings. The van der Waals surface area contributed by atoms with Crippen LogP contribution in [0.5, 0.6) is 0 Å². The highest BCUT2D eigenvalue weighted by atomic mass is 16.1. The zero-order valence-electron chi connectivity index (χ0n) is 11.3. The topological polar surface area (TPSA) is 34.9 Å². The Morgan fingerprint density at radius 1 is 1.22 bits per heavy atom. The minimum absolute atomic E-state index is 0.110. The quantitative estimate of drug-likeness (QED) is 0.774. The molecule has 1 unspecified atom stereocenters. The molecule has 2 aromatic rings. The van der Waals surface area contributed by atoms with Gasteiger partial charge in [-0.1, -0.05) is 17.7 Å². The number of aryl methyl sites for hydroxylation is 3. The molecule has 0 saturated carbocycles. The van der Waals surface area contributed by atoms with Crippen LogP contribution in [0.1, 0.15) is 40.1 Å². The SMILES string of the molecule is Cc1ccc(C)c(C(=O)C(C)n2ccc(C)n2)c1. The van der Waals surface area contributed by atoms with Gasteiger partial charge in [0.1, 0.15) is 6.04 Å². The smallest absolute Gasteiger partial charge is 0.187 e. The van der Waals surface area contributed by atoms with Crippen molar-refractivity contribution in [3.8, 4) is 0 Å². The van der Waals surface area contributed by atoms with Gasteiger partial charge in [0.15, 0.2) is 5.78 Å². The number of Topliss-reactive ketones (excluding diaryl/α,β-unsaturated/α-hetero) is 1. The molecule has 0 saturated heterocycles. The number of carbonyl (C=O) groups excluding carboxylic acids is 1. The van der Waals surface area contributed by atoms with Crippen LogP contribution in [0.25, 0.3) is 0 Å². The van der Waals surface area contributed by atoms with Crippen LogP contribution in [0.2, 0.25) is 0 Å². The second-order valence-electron chi connectivity index (χ2n) is 4.80. The normalized spacial score (nSPS) is 12.4. The van der Waals surface area contributed by atoms with E-state index in [4.69, 9.17) is 0 Å². The first-order valence-electron chi connectivity index (χ1n) is 6.12. The summed E-state index contributed by atoms with van der Waals surface area (Å²) in [6.07, 6.45) is 1.85. The van der Waals surface area contributed by atoms with Gasteiger partial charge in [0.2, 0.25) is 0 Å². The molecule has 0 N–H and O–H groups in total. The van der Waals surface area contributed by atoms with Crippen molar-refractivity contribution < 1.29 is 4.79 Å². The second kappa shape index (κ2) is 4.77. The molecule has 2 rings (SSSR count). The van der Waals surface area contributed by atoms with Gasteiger partial charge in [-0.3, -0.25) is 9.48 Å². The maximum Gasteiger partial charge on any atom is 0.187 e. The van der Waals surface area contributed by atoms with Gasteiger partial charge in [0.25, 0.3) is 0 Å². The van der Waals surface area contributed by atoms with Crippen LogP contribution in [-0.4, -0.2) is 15.6 Å². The molecule has 0 aliphatic heterocycles. The number of benzene rings is 1. The number of ketones is 1. The monoisotopic (exact) mass is 242 g/mol. The average molecular weight is 242 g/mol.